The Bertz CT molecular complexity index is 495. The van der Waals surface area contributed by atoms with Crippen LogP contribution in [0.1, 0.15) is 12.5 Å². The summed E-state index contributed by atoms with van der Waals surface area (Å²) in [6.07, 6.45) is -0.343. The second-order valence-corrected chi connectivity index (χ2v) is 5.32. The van der Waals surface area contributed by atoms with Crippen LogP contribution in [-0.4, -0.2) is 53.4 Å². The third kappa shape index (κ3) is 4.11. The van der Waals surface area contributed by atoms with Crippen LogP contribution in [0.5, 0.6) is 0 Å². The number of carbonyl (C=O) groups is 2. The van der Waals surface area contributed by atoms with E-state index in [0.29, 0.717) is 19.6 Å². The Kier molecular flexibility index (Phi) is 5.44. The van der Waals surface area contributed by atoms with Crippen LogP contribution >= 0.6 is 11.6 Å². The van der Waals surface area contributed by atoms with Crippen LogP contribution in [0.15, 0.2) is 30.3 Å². The monoisotopic (exact) mass is 310 g/mol. The van der Waals surface area contributed by atoms with E-state index in [-0.39, 0.29) is 30.5 Å². The molecule has 1 aromatic carbocycles. The third-order valence-electron chi connectivity index (χ3n) is 3.53. The van der Waals surface area contributed by atoms with Gasteiger partial charge in [-0.05, 0) is 12.5 Å². The number of hydrogen-bond acceptors (Lipinski definition) is 3. The van der Waals surface area contributed by atoms with Crippen molar-refractivity contribution in [3.8, 4) is 0 Å². The zero-order valence-corrected chi connectivity index (χ0v) is 12.8. The van der Waals surface area contributed by atoms with Crippen LogP contribution in [0.4, 0.5) is 4.79 Å². The van der Waals surface area contributed by atoms with Crippen molar-refractivity contribution in [2.24, 2.45) is 0 Å². The maximum atomic E-state index is 12.1. The van der Waals surface area contributed by atoms with Gasteiger partial charge in [0.1, 0.15) is 12.5 Å². The molecule has 0 bridgehead atoms. The molecule has 1 saturated heterocycles. The van der Waals surface area contributed by atoms with Crippen molar-refractivity contribution < 1.29 is 14.3 Å². The molecule has 114 valence electrons. The average Bonchev–Trinajstić information content (AvgIpc) is 2.52. The van der Waals surface area contributed by atoms with Crippen molar-refractivity contribution in [2.75, 3.05) is 25.5 Å². The van der Waals surface area contributed by atoms with Gasteiger partial charge in [-0.15, -0.1) is 11.6 Å². The lowest BCUT2D eigenvalue weighted by molar-refractivity contribution is -0.131. The number of halogens is 1. The minimum atomic E-state index is -0.343. The fourth-order valence-electron chi connectivity index (χ4n) is 2.34. The summed E-state index contributed by atoms with van der Waals surface area (Å²) in [6.45, 7) is 3.62. The van der Waals surface area contributed by atoms with E-state index >= 15 is 0 Å². The van der Waals surface area contributed by atoms with Gasteiger partial charge in [0.05, 0.1) is 0 Å². The first-order valence-electron chi connectivity index (χ1n) is 6.93. The first-order valence-corrected chi connectivity index (χ1v) is 7.46. The summed E-state index contributed by atoms with van der Waals surface area (Å²) >= 11 is 5.55. The fraction of sp³-hybridized carbons (Fsp3) is 0.467. The number of carbonyl (C=O) groups excluding carboxylic acids is 2. The SMILES string of the molecule is CC1CN(C(=O)CCl)CCN1C(=O)OCc1ccccc1. The number of ether oxygens (including phenoxy) is 1. The Morgan fingerprint density at radius 2 is 2.00 bits per heavy atom. The van der Waals surface area contributed by atoms with Crippen LogP contribution in [0.3, 0.4) is 0 Å². The van der Waals surface area contributed by atoms with Gasteiger partial charge in [0.2, 0.25) is 5.91 Å². The van der Waals surface area contributed by atoms with Gasteiger partial charge in [-0.25, -0.2) is 4.79 Å². The van der Waals surface area contributed by atoms with E-state index in [1.165, 1.54) is 0 Å². The molecule has 6 heteroatoms. The molecule has 1 heterocycles. The van der Waals surface area contributed by atoms with E-state index < -0.39 is 0 Å². The molecule has 1 aromatic rings. The topological polar surface area (TPSA) is 49.9 Å². The molecule has 0 aromatic heterocycles. The van der Waals surface area contributed by atoms with Crippen LogP contribution in [0.25, 0.3) is 0 Å². The van der Waals surface area contributed by atoms with Crippen molar-refractivity contribution in [2.45, 2.75) is 19.6 Å². The van der Waals surface area contributed by atoms with Gasteiger partial charge in [0.15, 0.2) is 0 Å². The molecule has 2 amide bonds. The van der Waals surface area contributed by atoms with Crippen LogP contribution in [0.2, 0.25) is 0 Å². The quantitative estimate of drug-likeness (QED) is 0.803. The second kappa shape index (κ2) is 7.31. The zero-order chi connectivity index (χ0) is 15.2. The molecule has 0 saturated carbocycles. The van der Waals surface area contributed by atoms with Gasteiger partial charge in [0.25, 0.3) is 0 Å². The van der Waals surface area contributed by atoms with Gasteiger partial charge in [-0.1, -0.05) is 30.3 Å². The van der Waals surface area contributed by atoms with Crippen molar-refractivity contribution in [1.82, 2.24) is 9.80 Å². The summed E-state index contributed by atoms with van der Waals surface area (Å²) in [5.74, 6) is -0.119. The highest BCUT2D eigenvalue weighted by molar-refractivity contribution is 6.27. The van der Waals surface area contributed by atoms with Crippen molar-refractivity contribution >= 4 is 23.6 Å². The Hall–Kier alpha value is -1.75. The number of piperazine rings is 1. The summed E-state index contributed by atoms with van der Waals surface area (Å²) in [5, 5.41) is 0. The standard InChI is InChI=1S/C15H19ClN2O3/c1-12-10-17(14(19)9-16)7-8-18(12)15(20)21-11-13-5-3-2-4-6-13/h2-6,12H,7-11H2,1H3. The minimum Gasteiger partial charge on any atom is -0.445 e. The Labute approximate surface area is 129 Å². The summed E-state index contributed by atoms with van der Waals surface area (Å²) < 4.78 is 5.32. The fourth-order valence-corrected chi connectivity index (χ4v) is 2.51. The summed E-state index contributed by atoms with van der Waals surface area (Å²) in [4.78, 5) is 27.0. The molecule has 21 heavy (non-hydrogen) atoms. The minimum absolute atomic E-state index is 0.0226. The van der Waals surface area contributed by atoms with E-state index in [0.717, 1.165) is 5.56 Å². The second-order valence-electron chi connectivity index (χ2n) is 5.06. The van der Waals surface area contributed by atoms with E-state index in [4.69, 9.17) is 16.3 Å². The molecular weight excluding hydrogens is 292 g/mol. The highest BCUT2D eigenvalue weighted by atomic mass is 35.5. The lowest BCUT2D eigenvalue weighted by atomic mass is 10.2. The molecule has 1 aliphatic heterocycles. The highest BCUT2D eigenvalue weighted by Gasteiger charge is 2.30. The third-order valence-corrected chi connectivity index (χ3v) is 3.76. The summed E-state index contributed by atoms with van der Waals surface area (Å²) in [5.41, 5.74) is 0.953. The normalized spacial score (nSPS) is 18.5. The van der Waals surface area contributed by atoms with Gasteiger partial charge in [0, 0.05) is 25.7 Å². The molecule has 1 unspecified atom stereocenters. The number of alkyl halides is 1. The maximum Gasteiger partial charge on any atom is 0.410 e. The van der Waals surface area contributed by atoms with E-state index in [9.17, 15) is 9.59 Å². The number of benzene rings is 1. The first-order chi connectivity index (χ1) is 10.1. The molecule has 1 aliphatic rings. The Balaban J connectivity index is 1.85. The van der Waals surface area contributed by atoms with Gasteiger partial charge in [-0.2, -0.15) is 0 Å². The molecule has 2 rings (SSSR count). The molecular formula is C15H19ClN2O3. The Morgan fingerprint density at radius 1 is 1.29 bits per heavy atom. The largest absolute Gasteiger partial charge is 0.445 e. The van der Waals surface area contributed by atoms with Gasteiger partial charge >= 0.3 is 6.09 Å². The number of amides is 2. The van der Waals surface area contributed by atoms with Crippen LogP contribution in [0, 0.1) is 0 Å². The average molecular weight is 311 g/mol. The number of rotatable bonds is 3. The highest BCUT2D eigenvalue weighted by Crippen LogP contribution is 2.12. The number of nitrogens with zero attached hydrogens (tertiary/aromatic N) is 2. The smallest absolute Gasteiger partial charge is 0.410 e. The van der Waals surface area contributed by atoms with Crippen molar-refractivity contribution in [3.05, 3.63) is 35.9 Å². The Morgan fingerprint density at radius 3 is 2.62 bits per heavy atom. The van der Waals surface area contributed by atoms with E-state index in [1.807, 2.05) is 37.3 Å². The van der Waals surface area contributed by atoms with E-state index in [1.54, 1.807) is 9.80 Å². The van der Waals surface area contributed by atoms with Crippen molar-refractivity contribution in [3.63, 3.8) is 0 Å². The lowest BCUT2D eigenvalue weighted by Gasteiger charge is -2.38. The predicted octanol–water partition coefficient (Wildman–Crippen LogP) is 2.09. The molecule has 0 spiro atoms. The molecule has 5 nitrogen and oxygen atoms in total. The molecule has 1 fully saturated rings. The summed E-state index contributed by atoms with van der Waals surface area (Å²) in [6, 6.07) is 9.47. The van der Waals surface area contributed by atoms with Crippen LogP contribution in [-0.2, 0) is 16.1 Å². The van der Waals surface area contributed by atoms with Crippen LogP contribution < -0.4 is 0 Å². The first kappa shape index (κ1) is 15.6. The number of hydrogen-bond donors (Lipinski definition) is 0. The molecule has 1 atom stereocenters. The van der Waals surface area contributed by atoms with Gasteiger partial charge in [-0.3, -0.25) is 4.79 Å². The lowest BCUT2D eigenvalue weighted by Crippen LogP contribution is -2.55. The van der Waals surface area contributed by atoms with E-state index in [2.05, 4.69) is 0 Å². The molecule has 0 radical (unpaired) electrons. The predicted molar refractivity (Wildman–Crippen MR) is 80.1 cm³/mol. The van der Waals surface area contributed by atoms with Crippen molar-refractivity contribution in [1.29, 1.82) is 0 Å². The maximum absolute atomic E-state index is 12.1. The zero-order valence-electron chi connectivity index (χ0n) is 12.0. The summed E-state index contributed by atoms with van der Waals surface area (Å²) in [7, 11) is 0. The molecule has 0 aliphatic carbocycles. The van der Waals surface area contributed by atoms with Gasteiger partial charge < -0.3 is 14.5 Å². The molecule has 0 N–H and O–H groups in total.